The van der Waals surface area contributed by atoms with Gasteiger partial charge in [0, 0.05) is 34.7 Å². The van der Waals surface area contributed by atoms with Crippen molar-refractivity contribution in [2.45, 2.75) is 0 Å². The summed E-state index contributed by atoms with van der Waals surface area (Å²) in [5.74, 6) is 0. The summed E-state index contributed by atoms with van der Waals surface area (Å²) < 4.78 is 0. The summed E-state index contributed by atoms with van der Waals surface area (Å²) in [5.41, 5.74) is 0. The Hall–Kier alpha value is 2.78. The first kappa shape index (κ1) is 291. The van der Waals surface area contributed by atoms with E-state index in [0.717, 1.165) is 0 Å². The second-order valence-corrected chi connectivity index (χ2v) is 0. The summed E-state index contributed by atoms with van der Waals surface area (Å²) in [6.45, 7) is 0. The minimum absolute atomic E-state index is 0. The van der Waals surface area contributed by atoms with Crippen molar-refractivity contribution in [3.63, 3.8) is 0 Å². The second-order valence-electron chi connectivity index (χ2n) is 0. The molecule has 0 saturated carbocycles. The van der Waals surface area contributed by atoms with Crippen LogP contribution in [-0.4, -0.2) is 38.3 Å². The Morgan fingerprint density at radius 1 is 0.364 bits per heavy atom. The summed E-state index contributed by atoms with van der Waals surface area (Å²) in [5, 5.41) is 0. The normalized spacial score (nSPS) is 0. The first-order valence-electron chi connectivity index (χ1n) is 0. The molecule has 68 valence electrons. The van der Waals surface area contributed by atoms with Gasteiger partial charge in [0.15, 0.2) is 0 Å². The van der Waals surface area contributed by atoms with E-state index in [9.17, 15) is 0 Å². The SMILES string of the molecule is O.O.O.O.O.[Cr].[Cr].[Na+].[Na+].[OH-].[OH-]. The van der Waals surface area contributed by atoms with Crippen molar-refractivity contribution >= 4 is 0 Å². The van der Waals surface area contributed by atoms with Crippen LogP contribution in [0.1, 0.15) is 0 Å². The van der Waals surface area contributed by atoms with Gasteiger partial charge in [0.1, 0.15) is 0 Å². The van der Waals surface area contributed by atoms with Gasteiger partial charge < -0.3 is 38.3 Å². The predicted octanol–water partition coefficient (Wildman–Crippen LogP) is -10.5. The average Bonchev–Trinajstić information content (AvgIpc) is 0. The summed E-state index contributed by atoms with van der Waals surface area (Å²) in [6.07, 6.45) is 0. The van der Waals surface area contributed by atoms with Crippen LogP contribution in [0.3, 0.4) is 0 Å². The molecule has 0 aliphatic heterocycles. The van der Waals surface area contributed by atoms with Gasteiger partial charge in [-0.2, -0.15) is 0 Å². The van der Waals surface area contributed by atoms with Crippen molar-refractivity contribution in [2.75, 3.05) is 0 Å². The van der Waals surface area contributed by atoms with Crippen molar-refractivity contribution in [1.29, 1.82) is 0 Å². The van der Waals surface area contributed by atoms with E-state index in [0.29, 0.717) is 0 Å². The van der Waals surface area contributed by atoms with Crippen LogP contribution < -0.4 is 59.1 Å². The molecule has 11 heavy (non-hydrogen) atoms. The minimum atomic E-state index is 0. The maximum absolute atomic E-state index is 0. The molecule has 7 nitrogen and oxygen atoms in total. The molecule has 0 unspecified atom stereocenters. The van der Waals surface area contributed by atoms with Crippen molar-refractivity contribution in [2.24, 2.45) is 0 Å². The summed E-state index contributed by atoms with van der Waals surface area (Å²) in [4.78, 5) is 0. The number of hydrogen-bond acceptors (Lipinski definition) is 2. The number of hydrogen-bond donors (Lipinski definition) is 0. The summed E-state index contributed by atoms with van der Waals surface area (Å²) in [6, 6.07) is 0. The van der Waals surface area contributed by atoms with Gasteiger partial charge in [-0.15, -0.1) is 0 Å². The van der Waals surface area contributed by atoms with Crippen molar-refractivity contribution in [3.8, 4) is 0 Å². The van der Waals surface area contributed by atoms with Gasteiger partial charge in [-0.05, 0) is 0 Å². The van der Waals surface area contributed by atoms with E-state index in [-0.39, 0.29) is 132 Å². The van der Waals surface area contributed by atoms with Gasteiger partial charge >= 0.3 is 59.1 Å². The third kappa shape index (κ3) is 192. The molecule has 0 aliphatic carbocycles. The van der Waals surface area contributed by atoms with E-state index in [1.165, 1.54) is 0 Å². The van der Waals surface area contributed by atoms with E-state index < -0.39 is 0 Å². The first-order chi connectivity index (χ1) is 0. The monoisotopic (exact) mass is 274 g/mol. The minimum Gasteiger partial charge on any atom is -0.870 e. The fourth-order valence-electron chi connectivity index (χ4n) is 0. The third-order valence-electron chi connectivity index (χ3n) is 0. The van der Waals surface area contributed by atoms with Crippen LogP contribution in [0.4, 0.5) is 0 Å². The zero-order chi connectivity index (χ0) is 0. The molecule has 0 aromatic rings. The molecular formula is H12Cr2Na2O7. The molecule has 0 radical (unpaired) electrons. The largest absolute Gasteiger partial charge is 1.00 e. The van der Waals surface area contributed by atoms with E-state index in [4.69, 9.17) is 0 Å². The standard InChI is InChI=1S/2Cr.2Na.7H2O/h;;;;7*1H2/q;;2*+1;;;;;;;/p-2. The van der Waals surface area contributed by atoms with Crippen molar-refractivity contribution in [1.82, 2.24) is 0 Å². The topological polar surface area (TPSA) is 218 Å². The van der Waals surface area contributed by atoms with Crippen LogP contribution in [0, 0.1) is 0 Å². The zero-order valence-electron chi connectivity index (χ0n) is 6.21. The van der Waals surface area contributed by atoms with Gasteiger partial charge in [-0.25, -0.2) is 0 Å². The molecule has 0 atom stereocenters. The van der Waals surface area contributed by atoms with Gasteiger partial charge in [-0.3, -0.25) is 0 Å². The maximum atomic E-state index is 0. The van der Waals surface area contributed by atoms with Crippen LogP contribution in [-0.2, 0) is 34.7 Å². The quantitative estimate of drug-likeness (QED) is 0.392. The van der Waals surface area contributed by atoms with Crippen molar-refractivity contribution in [3.05, 3.63) is 0 Å². The molecular weight excluding hydrogens is 262 g/mol. The van der Waals surface area contributed by atoms with E-state index in [1.807, 2.05) is 0 Å². The third-order valence-corrected chi connectivity index (χ3v) is 0. The van der Waals surface area contributed by atoms with Gasteiger partial charge in [0.25, 0.3) is 0 Å². The Bertz CT molecular complexity index is 14.4. The Labute approximate surface area is 130 Å². The van der Waals surface area contributed by atoms with E-state index in [2.05, 4.69) is 0 Å². The van der Waals surface area contributed by atoms with Gasteiger partial charge in [-0.1, -0.05) is 0 Å². The molecule has 0 heterocycles. The van der Waals surface area contributed by atoms with Crippen LogP contribution >= 0.6 is 0 Å². The fraction of sp³-hybridized carbons (Fsp3) is 0. The van der Waals surface area contributed by atoms with Crippen molar-refractivity contribution < 1.29 is 132 Å². The zero-order valence-corrected chi connectivity index (χ0v) is 12.8. The Morgan fingerprint density at radius 3 is 0.364 bits per heavy atom. The van der Waals surface area contributed by atoms with E-state index >= 15 is 0 Å². The molecule has 0 saturated heterocycles. The maximum Gasteiger partial charge on any atom is 1.00 e. The molecule has 0 aromatic carbocycles. The summed E-state index contributed by atoms with van der Waals surface area (Å²) >= 11 is 0. The van der Waals surface area contributed by atoms with Crippen LogP contribution in [0.25, 0.3) is 0 Å². The molecule has 0 fully saturated rings. The molecule has 0 rings (SSSR count). The van der Waals surface area contributed by atoms with Gasteiger partial charge in [0.05, 0.1) is 0 Å². The Balaban J connectivity index is 0. The molecule has 0 aliphatic rings. The first-order valence-corrected chi connectivity index (χ1v) is 0. The predicted molar refractivity (Wildman–Crippen MR) is 21.9 cm³/mol. The molecule has 0 bridgehead atoms. The van der Waals surface area contributed by atoms with Crippen LogP contribution in [0.2, 0.25) is 0 Å². The smallest absolute Gasteiger partial charge is 0.870 e. The fourth-order valence-corrected chi connectivity index (χ4v) is 0. The molecule has 11 heteroatoms. The van der Waals surface area contributed by atoms with Gasteiger partial charge in [0.2, 0.25) is 0 Å². The summed E-state index contributed by atoms with van der Waals surface area (Å²) in [7, 11) is 0. The Morgan fingerprint density at radius 2 is 0.364 bits per heavy atom. The molecule has 12 N–H and O–H groups in total. The Kier molecular flexibility index (Phi) is 6050. The van der Waals surface area contributed by atoms with E-state index in [1.54, 1.807) is 0 Å². The number of rotatable bonds is 0. The second kappa shape index (κ2) is 229. The van der Waals surface area contributed by atoms with Crippen LogP contribution in [0.15, 0.2) is 0 Å². The van der Waals surface area contributed by atoms with Crippen LogP contribution in [0.5, 0.6) is 0 Å². The molecule has 0 spiro atoms. The molecule has 0 aromatic heterocycles. The average molecular weight is 274 g/mol. The molecule has 0 amide bonds.